The highest BCUT2D eigenvalue weighted by Crippen LogP contribution is 1.90. The Hall–Kier alpha value is -1.22. The molecule has 1 unspecified atom stereocenters. The lowest BCUT2D eigenvalue weighted by atomic mass is 10.4. The van der Waals surface area contributed by atoms with Gasteiger partial charge in [-0.3, -0.25) is 9.59 Å². The number of hydrogen-bond donors (Lipinski definition) is 2. The molecule has 0 saturated heterocycles. The van der Waals surface area contributed by atoms with Crippen LogP contribution in [0.3, 0.4) is 0 Å². The van der Waals surface area contributed by atoms with Gasteiger partial charge >= 0.3 is 11.9 Å². The molecule has 128 valence electrons. The molecule has 0 saturated carbocycles. The Kier molecular flexibility index (Phi) is 24.9. The summed E-state index contributed by atoms with van der Waals surface area (Å²) in [6.07, 6.45) is -0.132. The van der Waals surface area contributed by atoms with E-state index in [4.69, 9.17) is 24.4 Å². The first-order chi connectivity index (χ1) is 9.93. The van der Waals surface area contributed by atoms with Crippen LogP contribution in [0.15, 0.2) is 0 Å². The van der Waals surface area contributed by atoms with E-state index in [0.717, 1.165) is 7.11 Å². The smallest absolute Gasteiger partial charge is 0.302 e. The number of aliphatic hydroxyl groups is 2. The molecule has 0 rings (SSSR count). The van der Waals surface area contributed by atoms with Crippen LogP contribution >= 0.6 is 0 Å². The summed E-state index contributed by atoms with van der Waals surface area (Å²) >= 11 is 0. The van der Waals surface area contributed by atoms with Crippen molar-refractivity contribution in [3.05, 3.63) is 0 Å². The second kappa shape index (κ2) is 21.1. The molecule has 0 aromatic heterocycles. The molecule has 0 radical (unpaired) electrons. The van der Waals surface area contributed by atoms with Crippen molar-refractivity contribution < 1.29 is 38.7 Å². The van der Waals surface area contributed by atoms with Gasteiger partial charge in [0.15, 0.2) is 0 Å². The summed E-state index contributed by atoms with van der Waals surface area (Å²) in [6, 6.07) is 0. The number of carbonyl (C=O) groups excluding carboxylic acids is 2. The predicted molar refractivity (Wildman–Crippen MR) is 75.8 cm³/mol. The molecule has 0 amide bonds. The minimum absolute atomic E-state index is 0.0000709. The molecule has 1 atom stereocenters. The Labute approximate surface area is 125 Å². The normalized spacial score (nSPS) is 10.2. The zero-order valence-corrected chi connectivity index (χ0v) is 13.5. The number of methoxy groups -OCH3 is 1. The number of esters is 2. The maximum Gasteiger partial charge on any atom is 0.302 e. The lowest BCUT2D eigenvalue weighted by Gasteiger charge is -2.08. The largest absolute Gasteiger partial charge is 0.463 e. The molecule has 0 aliphatic heterocycles. The van der Waals surface area contributed by atoms with Gasteiger partial charge in [-0.15, -0.1) is 0 Å². The summed E-state index contributed by atoms with van der Waals surface area (Å²) in [6.45, 7) is 5.86. The Bertz CT molecular complexity index is 232. The Balaban J connectivity index is -0.000000277. The van der Waals surface area contributed by atoms with E-state index in [1.165, 1.54) is 13.8 Å². The Morgan fingerprint density at radius 2 is 1.62 bits per heavy atom. The molecular formula is C13H28O8. The quantitative estimate of drug-likeness (QED) is 0.466. The van der Waals surface area contributed by atoms with Crippen molar-refractivity contribution >= 4 is 11.9 Å². The van der Waals surface area contributed by atoms with Crippen LogP contribution in [-0.4, -0.2) is 75.5 Å². The molecular weight excluding hydrogens is 284 g/mol. The van der Waals surface area contributed by atoms with Gasteiger partial charge in [0.1, 0.15) is 12.7 Å². The van der Waals surface area contributed by atoms with Crippen LogP contribution in [0.25, 0.3) is 0 Å². The van der Waals surface area contributed by atoms with Gasteiger partial charge in [0.25, 0.3) is 0 Å². The highest BCUT2D eigenvalue weighted by Gasteiger charge is 2.02. The van der Waals surface area contributed by atoms with Crippen LogP contribution in [0.4, 0.5) is 0 Å². The molecule has 2 N–H and O–H groups in total. The van der Waals surface area contributed by atoms with Crippen LogP contribution in [0.2, 0.25) is 0 Å². The summed E-state index contributed by atoms with van der Waals surface area (Å²) in [5.41, 5.74) is 0. The summed E-state index contributed by atoms with van der Waals surface area (Å²) in [5.74, 6) is -0.577. The number of hydrogen-bond acceptors (Lipinski definition) is 8. The van der Waals surface area contributed by atoms with Crippen molar-refractivity contribution in [1.29, 1.82) is 0 Å². The van der Waals surface area contributed by atoms with E-state index in [2.05, 4.69) is 4.74 Å². The van der Waals surface area contributed by atoms with Crippen LogP contribution in [-0.2, 0) is 28.5 Å². The monoisotopic (exact) mass is 312 g/mol. The number of rotatable bonds is 8. The van der Waals surface area contributed by atoms with Gasteiger partial charge in [-0.05, 0) is 6.92 Å². The minimum atomic E-state index is -0.312. The third-order valence-electron chi connectivity index (χ3n) is 1.54. The SMILES string of the molecule is CC(=O)OCCOCCO.CO.COCC(C)OC(C)=O. The molecule has 8 heteroatoms. The second-order valence-corrected chi connectivity index (χ2v) is 3.55. The molecule has 0 aliphatic rings. The number of aliphatic hydroxyl groups excluding tert-OH is 2. The lowest BCUT2D eigenvalue weighted by molar-refractivity contribution is -0.147. The Morgan fingerprint density at radius 3 is 2.00 bits per heavy atom. The standard InChI is InChI=1S/C6H12O4.C6H12O3.CH4O/c1-6(8)10-5-4-9-3-2-7;1-5(4-8-3)9-6(2)7;1-2/h7H,2-5H2,1H3;5H,4H2,1-3H3;2H,1H3. The Morgan fingerprint density at radius 1 is 1.05 bits per heavy atom. The highest BCUT2D eigenvalue weighted by molar-refractivity contribution is 5.66. The van der Waals surface area contributed by atoms with Gasteiger partial charge in [0.2, 0.25) is 0 Å². The minimum Gasteiger partial charge on any atom is -0.463 e. The fourth-order valence-corrected chi connectivity index (χ4v) is 0.963. The van der Waals surface area contributed by atoms with Crippen LogP contribution in [0, 0.1) is 0 Å². The van der Waals surface area contributed by atoms with Crippen molar-refractivity contribution in [2.75, 3.05) is 47.3 Å². The van der Waals surface area contributed by atoms with E-state index in [-0.39, 0.29) is 31.3 Å². The molecule has 0 aromatic rings. The van der Waals surface area contributed by atoms with Crippen molar-refractivity contribution in [2.24, 2.45) is 0 Å². The maximum atomic E-state index is 10.3. The average molecular weight is 312 g/mol. The van der Waals surface area contributed by atoms with Gasteiger partial charge in [0.05, 0.1) is 26.4 Å². The van der Waals surface area contributed by atoms with Crippen molar-refractivity contribution in [3.8, 4) is 0 Å². The first-order valence-electron chi connectivity index (χ1n) is 6.36. The maximum absolute atomic E-state index is 10.3. The van der Waals surface area contributed by atoms with Gasteiger partial charge < -0.3 is 29.2 Å². The molecule has 0 spiro atoms. The first-order valence-corrected chi connectivity index (χ1v) is 6.36. The van der Waals surface area contributed by atoms with E-state index >= 15 is 0 Å². The molecule has 0 aromatic carbocycles. The third-order valence-corrected chi connectivity index (χ3v) is 1.54. The van der Waals surface area contributed by atoms with E-state index in [1.54, 1.807) is 14.0 Å². The van der Waals surface area contributed by atoms with E-state index in [1.807, 2.05) is 0 Å². The van der Waals surface area contributed by atoms with Crippen molar-refractivity contribution in [1.82, 2.24) is 0 Å². The molecule has 8 nitrogen and oxygen atoms in total. The number of carbonyl (C=O) groups is 2. The molecule has 0 fully saturated rings. The predicted octanol–water partition coefficient (Wildman–Crippen LogP) is -0.249. The van der Waals surface area contributed by atoms with Gasteiger partial charge in [-0.25, -0.2) is 0 Å². The molecule has 0 aliphatic carbocycles. The van der Waals surface area contributed by atoms with E-state index in [9.17, 15) is 9.59 Å². The molecule has 0 bridgehead atoms. The molecule has 0 heterocycles. The fraction of sp³-hybridized carbons (Fsp3) is 0.846. The van der Waals surface area contributed by atoms with Crippen molar-refractivity contribution in [2.45, 2.75) is 26.9 Å². The van der Waals surface area contributed by atoms with Crippen molar-refractivity contribution in [3.63, 3.8) is 0 Å². The zero-order valence-electron chi connectivity index (χ0n) is 13.5. The number of ether oxygens (including phenoxy) is 4. The third kappa shape index (κ3) is 32.4. The highest BCUT2D eigenvalue weighted by atomic mass is 16.6. The zero-order chi connectivity index (χ0) is 17.1. The van der Waals surface area contributed by atoms with Crippen LogP contribution in [0.1, 0.15) is 20.8 Å². The van der Waals surface area contributed by atoms with E-state index < -0.39 is 0 Å². The summed E-state index contributed by atoms with van der Waals surface area (Å²) in [7, 11) is 2.57. The van der Waals surface area contributed by atoms with Gasteiger partial charge in [-0.2, -0.15) is 0 Å². The van der Waals surface area contributed by atoms with E-state index in [0.29, 0.717) is 19.8 Å². The summed E-state index contributed by atoms with van der Waals surface area (Å²) in [4.78, 5) is 20.4. The summed E-state index contributed by atoms with van der Waals surface area (Å²) in [5, 5.41) is 15.2. The second-order valence-electron chi connectivity index (χ2n) is 3.55. The van der Waals surface area contributed by atoms with Gasteiger partial charge in [0, 0.05) is 28.1 Å². The first kappa shape index (κ1) is 24.8. The molecule has 21 heavy (non-hydrogen) atoms. The van der Waals surface area contributed by atoms with Crippen LogP contribution in [0.5, 0.6) is 0 Å². The summed E-state index contributed by atoms with van der Waals surface area (Å²) < 4.78 is 18.8. The topological polar surface area (TPSA) is 112 Å². The average Bonchev–Trinajstić information content (AvgIpc) is 2.40. The lowest BCUT2D eigenvalue weighted by Crippen LogP contribution is -2.17. The fourth-order valence-electron chi connectivity index (χ4n) is 0.963. The van der Waals surface area contributed by atoms with Gasteiger partial charge in [-0.1, -0.05) is 0 Å². The van der Waals surface area contributed by atoms with Crippen LogP contribution < -0.4 is 0 Å².